The van der Waals surface area contributed by atoms with E-state index in [1.54, 1.807) is 6.07 Å². The van der Waals surface area contributed by atoms with E-state index >= 15 is 0 Å². The third-order valence-electron chi connectivity index (χ3n) is 2.62. The highest BCUT2D eigenvalue weighted by atomic mass is 35.5. The fourth-order valence-electron chi connectivity index (χ4n) is 1.79. The molecule has 20 heavy (non-hydrogen) atoms. The third kappa shape index (κ3) is 4.44. The molecule has 0 atom stereocenters. The Morgan fingerprint density at radius 1 is 1.00 bits per heavy atom. The Labute approximate surface area is 127 Å². The fraction of sp³-hybridized carbons (Fsp3) is 0.133. The Morgan fingerprint density at radius 2 is 1.55 bits per heavy atom. The molecule has 0 spiro atoms. The standard InChI is InChI=1S/C15H14Cl2N2O/c1-10(20)19-15-4-2-14(3-5-15)18-9-11-6-12(16)8-13(17)7-11/h2-8,18H,9H2,1H3,(H,19,20). The molecular weight excluding hydrogens is 295 g/mol. The lowest BCUT2D eigenvalue weighted by atomic mass is 10.2. The van der Waals surface area contributed by atoms with Gasteiger partial charge in [-0.3, -0.25) is 4.79 Å². The predicted octanol–water partition coefficient (Wildman–Crippen LogP) is 4.56. The summed E-state index contributed by atoms with van der Waals surface area (Å²) in [5, 5.41) is 7.23. The Kier molecular flexibility index (Phi) is 4.88. The van der Waals surface area contributed by atoms with Crippen LogP contribution in [0.4, 0.5) is 11.4 Å². The van der Waals surface area contributed by atoms with Crippen LogP contribution in [0.2, 0.25) is 10.0 Å². The van der Waals surface area contributed by atoms with E-state index in [4.69, 9.17) is 23.2 Å². The molecule has 0 aromatic heterocycles. The van der Waals surface area contributed by atoms with Crippen LogP contribution in [0, 0.1) is 0 Å². The molecule has 2 rings (SSSR count). The van der Waals surface area contributed by atoms with E-state index in [1.165, 1.54) is 6.92 Å². The molecule has 0 aliphatic heterocycles. The molecule has 0 fully saturated rings. The van der Waals surface area contributed by atoms with Gasteiger partial charge in [-0.2, -0.15) is 0 Å². The lowest BCUT2D eigenvalue weighted by Crippen LogP contribution is -2.05. The zero-order chi connectivity index (χ0) is 14.5. The van der Waals surface area contributed by atoms with Crippen LogP contribution in [0.3, 0.4) is 0 Å². The zero-order valence-electron chi connectivity index (χ0n) is 10.9. The molecule has 104 valence electrons. The lowest BCUT2D eigenvalue weighted by molar-refractivity contribution is -0.114. The molecular formula is C15H14Cl2N2O. The van der Waals surface area contributed by atoms with Gasteiger partial charge in [-0.25, -0.2) is 0 Å². The van der Waals surface area contributed by atoms with Crippen molar-refractivity contribution in [3.63, 3.8) is 0 Å². The third-order valence-corrected chi connectivity index (χ3v) is 3.06. The van der Waals surface area contributed by atoms with Crippen LogP contribution < -0.4 is 10.6 Å². The summed E-state index contributed by atoms with van der Waals surface area (Å²) < 4.78 is 0. The molecule has 0 aliphatic carbocycles. The van der Waals surface area contributed by atoms with Gasteiger partial charge in [0.2, 0.25) is 5.91 Å². The maximum atomic E-state index is 10.9. The minimum absolute atomic E-state index is 0.0840. The second-order valence-corrected chi connectivity index (χ2v) is 5.26. The molecule has 2 aromatic rings. The lowest BCUT2D eigenvalue weighted by Gasteiger charge is -2.09. The normalized spacial score (nSPS) is 10.2. The molecule has 0 unspecified atom stereocenters. The molecule has 0 saturated heterocycles. The number of carbonyl (C=O) groups is 1. The van der Waals surface area contributed by atoms with Crippen molar-refractivity contribution < 1.29 is 4.79 Å². The minimum atomic E-state index is -0.0840. The van der Waals surface area contributed by atoms with Crippen LogP contribution in [0.15, 0.2) is 42.5 Å². The van der Waals surface area contributed by atoms with Gasteiger partial charge < -0.3 is 10.6 Å². The Hall–Kier alpha value is -1.71. The number of hydrogen-bond acceptors (Lipinski definition) is 2. The Bertz CT molecular complexity index is 592. The van der Waals surface area contributed by atoms with Crippen LogP contribution >= 0.6 is 23.2 Å². The topological polar surface area (TPSA) is 41.1 Å². The molecule has 0 radical (unpaired) electrons. The molecule has 2 N–H and O–H groups in total. The van der Waals surface area contributed by atoms with Crippen molar-refractivity contribution in [2.45, 2.75) is 13.5 Å². The van der Waals surface area contributed by atoms with Crippen molar-refractivity contribution in [1.82, 2.24) is 0 Å². The molecule has 0 aliphatic rings. The van der Waals surface area contributed by atoms with E-state index in [1.807, 2.05) is 36.4 Å². The van der Waals surface area contributed by atoms with E-state index in [2.05, 4.69) is 10.6 Å². The summed E-state index contributed by atoms with van der Waals surface area (Å²) in [6, 6.07) is 12.9. The van der Waals surface area contributed by atoms with Crippen LogP contribution in [0.1, 0.15) is 12.5 Å². The first-order valence-corrected chi connectivity index (χ1v) is 6.85. The van der Waals surface area contributed by atoms with Gasteiger partial charge in [0.15, 0.2) is 0 Å². The number of hydrogen-bond donors (Lipinski definition) is 2. The number of rotatable bonds is 4. The van der Waals surface area contributed by atoms with Crippen molar-refractivity contribution >= 4 is 40.5 Å². The Balaban J connectivity index is 1.98. The first-order chi connectivity index (χ1) is 9.52. The summed E-state index contributed by atoms with van der Waals surface area (Å²) in [6.07, 6.45) is 0. The molecule has 2 aromatic carbocycles. The van der Waals surface area contributed by atoms with Crippen molar-refractivity contribution in [3.8, 4) is 0 Å². The maximum absolute atomic E-state index is 10.9. The van der Waals surface area contributed by atoms with Gasteiger partial charge in [0.05, 0.1) is 0 Å². The molecule has 5 heteroatoms. The predicted molar refractivity (Wildman–Crippen MR) is 84.5 cm³/mol. The average molecular weight is 309 g/mol. The van der Waals surface area contributed by atoms with Crippen LogP contribution in [-0.2, 0) is 11.3 Å². The SMILES string of the molecule is CC(=O)Nc1ccc(NCc2cc(Cl)cc(Cl)c2)cc1. The number of benzene rings is 2. The summed E-state index contributed by atoms with van der Waals surface area (Å²) >= 11 is 11.9. The Morgan fingerprint density at radius 3 is 2.10 bits per heavy atom. The van der Waals surface area contributed by atoms with Crippen molar-refractivity contribution in [2.24, 2.45) is 0 Å². The van der Waals surface area contributed by atoms with Crippen molar-refractivity contribution in [2.75, 3.05) is 10.6 Å². The van der Waals surface area contributed by atoms with Gasteiger partial charge in [-0.05, 0) is 48.0 Å². The summed E-state index contributed by atoms with van der Waals surface area (Å²) in [4.78, 5) is 10.9. The monoisotopic (exact) mass is 308 g/mol. The van der Waals surface area contributed by atoms with E-state index in [0.29, 0.717) is 16.6 Å². The number of anilines is 2. The largest absolute Gasteiger partial charge is 0.381 e. The second-order valence-electron chi connectivity index (χ2n) is 4.39. The molecule has 0 heterocycles. The number of carbonyl (C=O) groups excluding carboxylic acids is 1. The smallest absolute Gasteiger partial charge is 0.221 e. The first kappa shape index (κ1) is 14.7. The first-order valence-electron chi connectivity index (χ1n) is 6.09. The van der Waals surface area contributed by atoms with Gasteiger partial charge in [0.1, 0.15) is 0 Å². The van der Waals surface area contributed by atoms with E-state index in [-0.39, 0.29) is 5.91 Å². The molecule has 0 saturated carbocycles. The maximum Gasteiger partial charge on any atom is 0.221 e. The van der Waals surface area contributed by atoms with Crippen LogP contribution in [0.5, 0.6) is 0 Å². The van der Waals surface area contributed by atoms with Gasteiger partial charge in [0.25, 0.3) is 0 Å². The second kappa shape index (κ2) is 6.64. The van der Waals surface area contributed by atoms with Gasteiger partial charge in [0, 0.05) is 34.9 Å². The molecule has 1 amide bonds. The fourth-order valence-corrected chi connectivity index (χ4v) is 2.36. The van der Waals surface area contributed by atoms with Gasteiger partial charge in [-0.15, -0.1) is 0 Å². The van der Waals surface area contributed by atoms with E-state index in [0.717, 1.165) is 16.9 Å². The zero-order valence-corrected chi connectivity index (χ0v) is 12.4. The summed E-state index contributed by atoms with van der Waals surface area (Å²) in [7, 11) is 0. The highest BCUT2D eigenvalue weighted by molar-refractivity contribution is 6.34. The van der Waals surface area contributed by atoms with E-state index in [9.17, 15) is 4.79 Å². The molecule has 3 nitrogen and oxygen atoms in total. The summed E-state index contributed by atoms with van der Waals surface area (Å²) in [5.41, 5.74) is 2.73. The van der Waals surface area contributed by atoms with Crippen LogP contribution in [0.25, 0.3) is 0 Å². The summed E-state index contributed by atoms with van der Waals surface area (Å²) in [6.45, 7) is 2.11. The van der Waals surface area contributed by atoms with Crippen molar-refractivity contribution in [3.05, 3.63) is 58.1 Å². The van der Waals surface area contributed by atoms with Gasteiger partial charge in [-0.1, -0.05) is 23.2 Å². The molecule has 0 bridgehead atoms. The van der Waals surface area contributed by atoms with Crippen molar-refractivity contribution in [1.29, 1.82) is 0 Å². The number of nitrogens with one attached hydrogen (secondary N) is 2. The average Bonchev–Trinajstić information content (AvgIpc) is 2.36. The quantitative estimate of drug-likeness (QED) is 0.869. The highest BCUT2D eigenvalue weighted by Gasteiger charge is 2.00. The highest BCUT2D eigenvalue weighted by Crippen LogP contribution is 2.20. The number of amides is 1. The van der Waals surface area contributed by atoms with Gasteiger partial charge >= 0.3 is 0 Å². The summed E-state index contributed by atoms with van der Waals surface area (Å²) in [5.74, 6) is -0.0840. The van der Waals surface area contributed by atoms with E-state index < -0.39 is 0 Å². The number of halogens is 2. The van der Waals surface area contributed by atoms with Crippen LogP contribution in [-0.4, -0.2) is 5.91 Å². The minimum Gasteiger partial charge on any atom is -0.381 e.